The van der Waals surface area contributed by atoms with Gasteiger partial charge in [-0.25, -0.2) is 14.8 Å². The van der Waals surface area contributed by atoms with Gasteiger partial charge in [-0.05, 0) is 45.7 Å². The lowest BCUT2D eigenvalue weighted by atomic mass is 10.1. The molecule has 4 aromatic heterocycles. The normalized spacial score (nSPS) is 14.9. The van der Waals surface area contributed by atoms with Gasteiger partial charge in [0, 0.05) is 74.4 Å². The van der Waals surface area contributed by atoms with E-state index in [9.17, 15) is 10.1 Å². The van der Waals surface area contributed by atoms with Crippen LogP contribution in [0.15, 0.2) is 35.7 Å². The van der Waals surface area contributed by atoms with Crippen molar-refractivity contribution >= 4 is 47.9 Å². The minimum absolute atomic E-state index is 0.221. The van der Waals surface area contributed by atoms with Gasteiger partial charge < -0.3 is 14.4 Å². The van der Waals surface area contributed by atoms with E-state index in [4.69, 9.17) is 14.5 Å². The van der Waals surface area contributed by atoms with Crippen LogP contribution < -0.4 is 0 Å². The van der Waals surface area contributed by atoms with E-state index in [1.165, 1.54) is 0 Å². The molecule has 1 fully saturated rings. The van der Waals surface area contributed by atoms with E-state index in [2.05, 4.69) is 46.4 Å². The molecule has 0 unspecified atom stereocenters. The Morgan fingerprint density at radius 3 is 2.51 bits per heavy atom. The number of carbonyl (C=O) groups excluding carboxylic acids is 1. The predicted octanol–water partition coefficient (Wildman–Crippen LogP) is 6.66. The molecule has 228 valence electrons. The molecule has 0 saturated carbocycles. The Morgan fingerprint density at radius 1 is 1.14 bits per heavy atom. The highest BCUT2D eigenvalue weighted by molar-refractivity contribution is 8.00. The second-order valence-corrected chi connectivity index (χ2v) is 20.3. The van der Waals surface area contributed by atoms with E-state index in [1.54, 1.807) is 27.5 Å². The van der Waals surface area contributed by atoms with Gasteiger partial charge in [-0.15, -0.1) is 11.8 Å². The van der Waals surface area contributed by atoms with Crippen molar-refractivity contribution < 1.29 is 14.3 Å². The highest BCUT2D eigenvalue weighted by Gasteiger charge is 2.29. The van der Waals surface area contributed by atoms with Crippen LogP contribution >= 0.6 is 11.8 Å². The average molecular weight is 620 g/mol. The van der Waals surface area contributed by atoms with Crippen LogP contribution in [0, 0.1) is 11.3 Å². The Bertz CT molecular complexity index is 1670. The first-order chi connectivity index (χ1) is 20.3. The van der Waals surface area contributed by atoms with Gasteiger partial charge in [0.2, 0.25) is 0 Å². The molecule has 1 aliphatic heterocycles. The smallest absolute Gasteiger partial charge is 0.410 e. The van der Waals surface area contributed by atoms with Crippen LogP contribution in [0.2, 0.25) is 25.7 Å². The third kappa shape index (κ3) is 7.22. The number of nitrogens with zero attached hydrogens (tertiary/aromatic N) is 7. The van der Waals surface area contributed by atoms with Crippen molar-refractivity contribution in [2.24, 2.45) is 7.05 Å². The highest BCUT2D eigenvalue weighted by Crippen LogP contribution is 2.41. The topological polar surface area (TPSA) is 111 Å². The molecule has 1 amide bonds. The summed E-state index contributed by atoms with van der Waals surface area (Å²) in [6.45, 7) is 14.9. The Hall–Kier alpha value is -3.40. The van der Waals surface area contributed by atoms with E-state index in [1.807, 2.05) is 46.4 Å². The van der Waals surface area contributed by atoms with Crippen molar-refractivity contribution in [3.8, 4) is 17.2 Å². The SMILES string of the molecule is Cn1cc(-c2cnc3c(c2)c2c(SC4CCN(C(=O)OC(C)(C)C)CC4)c(C#N)ncc2n3COCC[Si](C)(C)C)cn1. The molecular weight excluding hydrogens is 579 g/mol. The van der Waals surface area contributed by atoms with Gasteiger partial charge in [0.15, 0.2) is 5.69 Å². The molecule has 12 heteroatoms. The molecular formula is C31H41N7O3SSi. The first-order valence-corrected chi connectivity index (χ1v) is 19.3. The molecule has 0 aliphatic carbocycles. The van der Waals surface area contributed by atoms with Gasteiger partial charge in [-0.2, -0.15) is 10.4 Å². The lowest BCUT2D eigenvalue weighted by Gasteiger charge is -2.33. The number of carbonyl (C=O) groups is 1. The maximum absolute atomic E-state index is 12.6. The van der Waals surface area contributed by atoms with Crippen LogP contribution in [0.25, 0.3) is 33.1 Å². The summed E-state index contributed by atoms with van der Waals surface area (Å²) >= 11 is 1.68. The molecule has 0 aromatic carbocycles. The average Bonchev–Trinajstić information content (AvgIpc) is 3.51. The Balaban J connectivity index is 1.51. The number of amides is 1. The number of nitriles is 1. The molecule has 10 nitrogen and oxygen atoms in total. The van der Waals surface area contributed by atoms with Crippen molar-refractivity contribution in [3.05, 3.63) is 36.5 Å². The Labute approximate surface area is 258 Å². The van der Waals surface area contributed by atoms with Crippen molar-refractivity contribution in [1.29, 1.82) is 5.26 Å². The molecule has 1 aliphatic rings. The number of pyridine rings is 2. The molecule has 0 radical (unpaired) electrons. The second kappa shape index (κ2) is 12.3. The molecule has 0 atom stereocenters. The van der Waals surface area contributed by atoms with Crippen molar-refractivity contribution in [3.63, 3.8) is 0 Å². The fourth-order valence-electron chi connectivity index (χ4n) is 5.16. The van der Waals surface area contributed by atoms with Crippen LogP contribution in [0.1, 0.15) is 39.3 Å². The molecule has 0 bridgehead atoms. The number of hydrogen-bond acceptors (Lipinski definition) is 8. The van der Waals surface area contributed by atoms with E-state index in [-0.39, 0.29) is 11.3 Å². The lowest BCUT2D eigenvalue weighted by Crippen LogP contribution is -2.42. The summed E-state index contributed by atoms with van der Waals surface area (Å²) in [5.41, 5.74) is 3.50. The zero-order chi connectivity index (χ0) is 30.9. The fourth-order valence-corrected chi connectivity index (χ4v) is 7.23. The number of aromatic nitrogens is 5. The summed E-state index contributed by atoms with van der Waals surface area (Å²) in [4.78, 5) is 24.8. The van der Waals surface area contributed by atoms with Crippen LogP contribution in [0.4, 0.5) is 4.79 Å². The van der Waals surface area contributed by atoms with Gasteiger partial charge in [0.1, 0.15) is 24.0 Å². The lowest BCUT2D eigenvalue weighted by molar-refractivity contribution is 0.0219. The number of piperidine rings is 1. The van der Waals surface area contributed by atoms with E-state index in [0.717, 1.165) is 56.8 Å². The van der Waals surface area contributed by atoms with Crippen molar-refractivity contribution in [2.45, 2.75) is 81.8 Å². The molecule has 4 aromatic rings. The number of likely N-dealkylation sites (tertiary alicyclic amines) is 1. The third-order valence-corrected chi connectivity index (χ3v) is 10.6. The maximum Gasteiger partial charge on any atom is 0.410 e. The second-order valence-electron chi connectivity index (χ2n) is 13.4. The molecule has 5 rings (SSSR count). The summed E-state index contributed by atoms with van der Waals surface area (Å²) in [5, 5.41) is 16.6. The largest absolute Gasteiger partial charge is 0.444 e. The first kappa shape index (κ1) is 31.0. The number of hydrogen-bond donors (Lipinski definition) is 0. The molecule has 5 heterocycles. The van der Waals surface area contributed by atoms with Gasteiger partial charge in [0.05, 0.1) is 22.8 Å². The maximum atomic E-state index is 12.6. The molecule has 43 heavy (non-hydrogen) atoms. The first-order valence-electron chi connectivity index (χ1n) is 14.8. The van der Waals surface area contributed by atoms with E-state index in [0.29, 0.717) is 32.1 Å². The van der Waals surface area contributed by atoms with Gasteiger partial charge >= 0.3 is 6.09 Å². The minimum atomic E-state index is -1.24. The molecule has 1 saturated heterocycles. The predicted molar refractivity (Wildman–Crippen MR) is 173 cm³/mol. The fraction of sp³-hybridized carbons (Fsp3) is 0.516. The summed E-state index contributed by atoms with van der Waals surface area (Å²) in [6, 6.07) is 5.54. The van der Waals surface area contributed by atoms with Crippen LogP contribution in [-0.4, -0.2) is 73.9 Å². The van der Waals surface area contributed by atoms with Crippen LogP contribution in [0.3, 0.4) is 0 Å². The van der Waals surface area contributed by atoms with Gasteiger partial charge in [-0.1, -0.05) is 19.6 Å². The van der Waals surface area contributed by atoms with Crippen LogP contribution in [0.5, 0.6) is 0 Å². The summed E-state index contributed by atoms with van der Waals surface area (Å²) in [6.07, 6.45) is 8.76. The monoisotopic (exact) mass is 619 g/mol. The zero-order valence-electron chi connectivity index (χ0n) is 26.2. The zero-order valence-corrected chi connectivity index (χ0v) is 28.0. The number of ether oxygens (including phenoxy) is 2. The van der Waals surface area contributed by atoms with E-state index >= 15 is 0 Å². The Kier molecular flexibility index (Phi) is 8.88. The summed E-state index contributed by atoms with van der Waals surface area (Å²) in [7, 11) is 0.654. The minimum Gasteiger partial charge on any atom is -0.444 e. The van der Waals surface area contributed by atoms with Crippen molar-refractivity contribution in [1.82, 2.24) is 29.2 Å². The molecule has 0 N–H and O–H groups in total. The summed E-state index contributed by atoms with van der Waals surface area (Å²) in [5.74, 6) is 0. The van der Waals surface area contributed by atoms with Crippen molar-refractivity contribution in [2.75, 3.05) is 19.7 Å². The number of aryl methyl sites for hydroxylation is 1. The quantitative estimate of drug-likeness (QED) is 0.159. The van der Waals surface area contributed by atoms with Gasteiger partial charge in [0.25, 0.3) is 0 Å². The molecule has 0 spiro atoms. The number of rotatable bonds is 8. The van der Waals surface area contributed by atoms with Crippen LogP contribution in [-0.2, 0) is 23.3 Å². The highest BCUT2D eigenvalue weighted by atomic mass is 32.2. The number of thioether (sulfide) groups is 1. The van der Waals surface area contributed by atoms with Gasteiger partial charge in [-0.3, -0.25) is 9.25 Å². The Morgan fingerprint density at radius 2 is 1.88 bits per heavy atom. The standard InChI is InChI=1S/C31H41N7O3SSi/c1-31(2,3)41-30(39)37-10-8-23(9-11-37)42-28-25(15-32)33-18-26-27(28)24-14-21(22-17-35-36(4)19-22)16-34-29(24)38(26)20-40-12-13-43(5,6)7/h14,16-19,23H,8-13,20H2,1-7H3. The third-order valence-electron chi connectivity index (χ3n) is 7.44. The number of fused-ring (bicyclic) bond motifs is 3. The summed E-state index contributed by atoms with van der Waals surface area (Å²) < 4.78 is 15.6. The van der Waals surface area contributed by atoms with E-state index < -0.39 is 13.7 Å².